The summed E-state index contributed by atoms with van der Waals surface area (Å²) in [5.74, 6) is -0.0707. The van der Waals surface area contributed by atoms with Crippen LogP contribution in [0.15, 0.2) is 59.5 Å². The van der Waals surface area contributed by atoms with Gasteiger partial charge in [-0.15, -0.1) is 0 Å². The number of ether oxygens (including phenoxy) is 2. The molecule has 2 saturated heterocycles. The van der Waals surface area contributed by atoms with E-state index in [1.807, 2.05) is 30.3 Å². The number of carbonyl (C=O) groups is 2. The van der Waals surface area contributed by atoms with Gasteiger partial charge in [0, 0.05) is 50.2 Å². The molecule has 0 bridgehead atoms. The Morgan fingerprint density at radius 2 is 1.88 bits per heavy atom. The molecule has 2 aromatic carbocycles. The van der Waals surface area contributed by atoms with Gasteiger partial charge in [-0.2, -0.15) is 4.31 Å². The molecule has 2 aromatic rings. The summed E-state index contributed by atoms with van der Waals surface area (Å²) in [5, 5.41) is 28.1. The van der Waals surface area contributed by atoms with Crippen molar-refractivity contribution in [1.29, 1.82) is 0 Å². The second-order valence-electron chi connectivity index (χ2n) is 11.3. The van der Waals surface area contributed by atoms with Crippen LogP contribution in [0.4, 0.5) is 10.5 Å². The molecule has 3 N–H and O–H groups in total. The highest BCUT2D eigenvalue weighted by Crippen LogP contribution is 2.37. The normalized spacial score (nSPS) is 24.7. The number of benzene rings is 2. The van der Waals surface area contributed by atoms with E-state index >= 15 is 0 Å². The van der Waals surface area contributed by atoms with E-state index in [-0.39, 0.29) is 54.0 Å². The molecule has 0 spiro atoms. The summed E-state index contributed by atoms with van der Waals surface area (Å²) < 4.78 is 40.0. The van der Waals surface area contributed by atoms with Gasteiger partial charge in [0.1, 0.15) is 6.10 Å². The topological polar surface area (TPSA) is 177 Å². The van der Waals surface area contributed by atoms with Crippen molar-refractivity contribution in [1.82, 2.24) is 14.9 Å². The molecular weight excluding hydrogens is 580 g/mol. The zero-order valence-corrected chi connectivity index (χ0v) is 24.4. The molecular formula is C29H36N4O9S. The van der Waals surface area contributed by atoms with Crippen LogP contribution >= 0.6 is 0 Å². The largest absolute Gasteiger partial charge is 0.446 e. The molecule has 0 radical (unpaired) electrons. The van der Waals surface area contributed by atoms with Crippen LogP contribution in [-0.2, 0) is 30.7 Å². The summed E-state index contributed by atoms with van der Waals surface area (Å²) >= 11 is 0. The minimum Gasteiger partial charge on any atom is -0.446 e. The number of aliphatic hydroxyl groups excluding tert-OH is 1. The first-order valence-corrected chi connectivity index (χ1v) is 15.9. The molecule has 2 aliphatic heterocycles. The van der Waals surface area contributed by atoms with Crippen LogP contribution < -0.4 is 10.6 Å². The monoisotopic (exact) mass is 616 g/mol. The van der Waals surface area contributed by atoms with Crippen LogP contribution in [0.25, 0.3) is 0 Å². The highest BCUT2D eigenvalue weighted by atomic mass is 32.2. The van der Waals surface area contributed by atoms with Gasteiger partial charge in [-0.05, 0) is 49.8 Å². The first kappa shape index (κ1) is 30.9. The van der Waals surface area contributed by atoms with Crippen LogP contribution in [0.5, 0.6) is 0 Å². The van der Waals surface area contributed by atoms with Gasteiger partial charge >= 0.3 is 6.09 Å². The number of non-ortho nitro benzene ring substituents is 1. The van der Waals surface area contributed by atoms with Crippen molar-refractivity contribution in [3.8, 4) is 0 Å². The molecule has 13 nitrogen and oxygen atoms in total. The van der Waals surface area contributed by atoms with Crippen molar-refractivity contribution < 1.29 is 37.5 Å². The average Bonchev–Trinajstić information content (AvgIpc) is 3.72. The SMILES string of the molecule is O=C1CC[C@@H](CN(C[C@@H](O)[C@H](Cc2ccccc2)NC(=O)OC2CC[C@H]3OCC[C@@H]23)S(=O)(=O)c2ccc([N+](=O)[O-])cc2)N1. The first-order chi connectivity index (χ1) is 20.6. The molecule has 14 heteroatoms. The minimum absolute atomic E-state index is 0.0813. The Balaban J connectivity index is 1.35. The van der Waals surface area contributed by atoms with E-state index in [0.717, 1.165) is 47.0 Å². The van der Waals surface area contributed by atoms with E-state index in [1.165, 1.54) is 0 Å². The van der Waals surface area contributed by atoms with Crippen molar-refractivity contribution in [2.45, 2.75) is 73.8 Å². The molecule has 1 unspecified atom stereocenters. The number of nitrogens with one attached hydrogen (secondary N) is 2. The van der Waals surface area contributed by atoms with E-state index in [2.05, 4.69) is 10.6 Å². The summed E-state index contributed by atoms with van der Waals surface area (Å²) in [7, 11) is -4.27. The minimum atomic E-state index is -4.27. The molecule has 232 valence electrons. The molecule has 0 aromatic heterocycles. The van der Waals surface area contributed by atoms with E-state index in [4.69, 9.17) is 9.47 Å². The summed E-state index contributed by atoms with van der Waals surface area (Å²) in [6.07, 6.45) is 0.867. The summed E-state index contributed by atoms with van der Waals surface area (Å²) in [6.45, 7) is 0.0912. The Morgan fingerprint density at radius 3 is 2.56 bits per heavy atom. The first-order valence-electron chi connectivity index (χ1n) is 14.4. The van der Waals surface area contributed by atoms with E-state index in [1.54, 1.807) is 0 Å². The van der Waals surface area contributed by atoms with Crippen molar-refractivity contribution in [3.63, 3.8) is 0 Å². The van der Waals surface area contributed by atoms with Crippen molar-refractivity contribution in [2.75, 3.05) is 19.7 Å². The Hall–Kier alpha value is -3.59. The fourth-order valence-corrected chi connectivity index (χ4v) is 7.61. The second-order valence-corrected chi connectivity index (χ2v) is 13.2. The van der Waals surface area contributed by atoms with Gasteiger partial charge in [-0.1, -0.05) is 30.3 Å². The maximum Gasteiger partial charge on any atom is 0.407 e. The van der Waals surface area contributed by atoms with E-state index in [9.17, 15) is 33.2 Å². The molecule has 1 aliphatic carbocycles. The van der Waals surface area contributed by atoms with Gasteiger partial charge in [0.05, 0.1) is 28.1 Å². The standard InChI is InChI=1S/C29H36N4O9S/c34-25(18-32(17-20-6-13-28(35)30-20)43(39,40)22-9-7-21(8-10-22)33(37)38)24(16-19-4-2-1-3-5-19)31-29(36)42-27-12-11-26-23(27)14-15-41-26/h1-5,7-10,20,23-27,34H,6,11-18H2,(H,30,35)(H,31,36)/t20-,23+,24-,25+,26+,27?/m0/s1. The van der Waals surface area contributed by atoms with Crippen LogP contribution in [0, 0.1) is 16.0 Å². The molecule has 2 heterocycles. The second kappa shape index (κ2) is 13.4. The van der Waals surface area contributed by atoms with Gasteiger partial charge in [-0.25, -0.2) is 13.2 Å². The zero-order valence-electron chi connectivity index (χ0n) is 23.5. The molecule has 2 amide bonds. The van der Waals surface area contributed by atoms with Gasteiger partial charge in [0.15, 0.2) is 0 Å². The lowest BCUT2D eigenvalue weighted by Crippen LogP contribution is -2.52. The number of nitrogens with zero attached hydrogens (tertiary/aromatic N) is 2. The molecule has 3 aliphatic rings. The number of hydrogen-bond acceptors (Lipinski definition) is 9. The van der Waals surface area contributed by atoms with Crippen molar-refractivity contribution in [3.05, 3.63) is 70.3 Å². The summed E-state index contributed by atoms with van der Waals surface area (Å²) in [5.41, 5.74) is 0.543. The van der Waals surface area contributed by atoms with Gasteiger partial charge in [-0.3, -0.25) is 14.9 Å². The zero-order chi connectivity index (χ0) is 30.6. The Kier molecular flexibility index (Phi) is 9.59. The molecule has 43 heavy (non-hydrogen) atoms. The van der Waals surface area contributed by atoms with Gasteiger partial charge in [0.2, 0.25) is 15.9 Å². The molecule has 3 fully saturated rings. The Labute approximate surface area is 249 Å². The van der Waals surface area contributed by atoms with Crippen LogP contribution in [-0.4, -0.2) is 84.8 Å². The number of alkyl carbamates (subject to hydrolysis) is 1. The number of fused-ring (bicyclic) bond motifs is 1. The number of sulfonamides is 1. The lowest BCUT2D eigenvalue weighted by atomic mass is 10.0. The number of nitro groups is 1. The Morgan fingerprint density at radius 1 is 1.14 bits per heavy atom. The van der Waals surface area contributed by atoms with Crippen LogP contribution in [0.3, 0.4) is 0 Å². The highest BCUT2D eigenvalue weighted by molar-refractivity contribution is 7.89. The maximum absolute atomic E-state index is 13.8. The maximum atomic E-state index is 13.8. The highest BCUT2D eigenvalue weighted by Gasteiger charge is 2.43. The van der Waals surface area contributed by atoms with E-state index in [0.29, 0.717) is 19.4 Å². The average molecular weight is 617 g/mol. The fraction of sp³-hybridized carbons (Fsp3) is 0.517. The van der Waals surface area contributed by atoms with Crippen molar-refractivity contribution in [2.24, 2.45) is 5.92 Å². The lowest BCUT2D eigenvalue weighted by molar-refractivity contribution is -0.384. The molecule has 1 saturated carbocycles. The summed E-state index contributed by atoms with van der Waals surface area (Å²) in [6, 6.07) is 12.2. The van der Waals surface area contributed by atoms with Gasteiger partial charge in [0.25, 0.3) is 5.69 Å². The third kappa shape index (κ3) is 7.50. The molecule has 6 atom stereocenters. The van der Waals surface area contributed by atoms with Gasteiger partial charge < -0.3 is 25.2 Å². The lowest BCUT2D eigenvalue weighted by Gasteiger charge is -2.31. The van der Waals surface area contributed by atoms with Crippen molar-refractivity contribution >= 4 is 27.7 Å². The smallest absolute Gasteiger partial charge is 0.407 e. The van der Waals surface area contributed by atoms with Crippen LogP contribution in [0.1, 0.15) is 37.7 Å². The number of rotatable bonds is 12. The number of hydrogen-bond donors (Lipinski definition) is 3. The third-order valence-electron chi connectivity index (χ3n) is 8.38. The quantitative estimate of drug-likeness (QED) is 0.238. The predicted octanol–water partition coefficient (Wildman–Crippen LogP) is 2.13. The fourth-order valence-electron chi connectivity index (χ4n) is 6.11. The number of nitro benzene ring substituents is 1. The number of aliphatic hydroxyl groups is 1. The number of amides is 2. The third-order valence-corrected chi connectivity index (χ3v) is 10.2. The predicted molar refractivity (Wildman–Crippen MR) is 153 cm³/mol. The number of carbonyl (C=O) groups excluding carboxylic acids is 2. The van der Waals surface area contributed by atoms with E-state index < -0.39 is 45.8 Å². The van der Waals surface area contributed by atoms with Crippen LogP contribution in [0.2, 0.25) is 0 Å². The Bertz CT molecular complexity index is 1410. The summed E-state index contributed by atoms with van der Waals surface area (Å²) in [4.78, 5) is 35.2. The molecule has 5 rings (SSSR count).